The molecule has 0 spiro atoms. The summed E-state index contributed by atoms with van der Waals surface area (Å²) in [6.07, 6.45) is 1.97. The van der Waals surface area contributed by atoms with Crippen molar-refractivity contribution in [3.63, 3.8) is 0 Å². The highest BCUT2D eigenvalue weighted by atomic mass is 32.2. The van der Waals surface area contributed by atoms with Crippen molar-refractivity contribution in [2.45, 2.75) is 25.5 Å². The molecule has 0 amide bonds. The molecule has 0 unspecified atom stereocenters. The molecule has 0 saturated carbocycles. The van der Waals surface area contributed by atoms with Gasteiger partial charge >= 0.3 is 0 Å². The van der Waals surface area contributed by atoms with E-state index in [1.165, 1.54) is 15.6 Å². The Labute approximate surface area is 105 Å². The highest BCUT2D eigenvalue weighted by Crippen LogP contribution is 2.26. The molecule has 0 fully saturated rings. The largest absolute Gasteiger partial charge is 0.223 e. The molecule has 2 aromatic rings. The number of fused-ring (bicyclic) bond motifs is 1. The lowest BCUT2D eigenvalue weighted by Crippen LogP contribution is -2.04. The number of rotatable bonds is 2. The molecule has 0 radical (unpaired) electrons. The summed E-state index contributed by atoms with van der Waals surface area (Å²) in [5.74, 6) is 0. The van der Waals surface area contributed by atoms with Gasteiger partial charge in [-0.25, -0.2) is 4.40 Å². The molecule has 0 bridgehead atoms. The number of nitrogens with zero attached hydrogens (tertiary/aromatic N) is 1. The first kappa shape index (κ1) is 11.7. The van der Waals surface area contributed by atoms with Gasteiger partial charge in [0.2, 0.25) is 0 Å². The van der Waals surface area contributed by atoms with E-state index >= 15 is 0 Å². The van der Waals surface area contributed by atoms with Gasteiger partial charge in [-0.05, 0) is 49.6 Å². The van der Waals surface area contributed by atoms with Crippen LogP contribution >= 0.6 is 23.3 Å². The number of benzene rings is 1. The Morgan fingerprint density at radius 1 is 1.25 bits per heavy atom. The Bertz CT molecular complexity index is 506. The molecule has 1 aromatic heterocycles. The Morgan fingerprint density at radius 2 is 2.06 bits per heavy atom. The van der Waals surface area contributed by atoms with Crippen molar-refractivity contribution in [3.8, 4) is 0 Å². The quantitative estimate of drug-likeness (QED) is 0.552. The van der Waals surface area contributed by atoms with E-state index in [0.717, 1.165) is 0 Å². The average molecular weight is 249 g/mol. The van der Waals surface area contributed by atoms with Gasteiger partial charge in [-0.2, -0.15) is 0 Å². The highest BCUT2D eigenvalue weighted by molar-refractivity contribution is 7.99. The molecule has 0 saturated heterocycles. The predicted octanol–water partition coefficient (Wildman–Crippen LogP) is 4.77. The fraction of sp³-hybridized carbons (Fsp3) is 0.308. The minimum absolute atomic E-state index is 0.180. The van der Waals surface area contributed by atoms with Crippen LogP contribution in [0.3, 0.4) is 0 Å². The second kappa shape index (κ2) is 4.60. The molecule has 3 heteroatoms. The van der Waals surface area contributed by atoms with E-state index < -0.39 is 0 Å². The van der Waals surface area contributed by atoms with Crippen LogP contribution in [0.4, 0.5) is 0 Å². The highest BCUT2D eigenvalue weighted by Gasteiger charge is 2.09. The summed E-state index contributed by atoms with van der Waals surface area (Å²) >= 11 is 3.38. The summed E-state index contributed by atoms with van der Waals surface area (Å²) in [5.41, 5.74) is 1.21. The van der Waals surface area contributed by atoms with E-state index in [1.807, 2.05) is 6.21 Å². The lowest BCUT2D eigenvalue weighted by Gasteiger charge is -2.12. The Balaban J connectivity index is 2.24. The van der Waals surface area contributed by atoms with Gasteiger partial charge in [0.1, 0.15) is 0 Å². The van der Waals surface area contributed by atoms with Gasteiger partial charge in [0.05, 0.1) is 0 Å². The molecular weight excluding hydrogens is 234 g/mol. The Kier molecular flexibility index (Phi) is 3.36. The smallest absolute Gasteiger partial charge is 0.0438 e. The third-order valence-electron chi connectivity index (χ3n) is 2.03. The summed E-state index contributed by atoms with van der Waals surface area (Å²) in [6.45, 7) is 6.50. The standard InChI is InChI=1S/C13H15NS2/c1-13(2,3)16-14-9-11-6-4-5-10-7-8-15-12(10)11/h4-9H,1-3H3/b14-9+. The minimum Gasteiger partial charge on any atom is -0.223 e. The van der Waals surface area contributed by atoms with Crippen LogP contribution in [0.1, 0.15) is 26.3 Å². The molecule has 84 valence electrons. The van der Waals surface area contributed by atoms with Gasteiger partial charge in [0.25, 0.3) is 0 Å². The van der Waals surface area contributed by atoms with Crippen molar-refractivity contribution >= 4 is 39.6 Å². The van der Waals surface area contributed by atoms with Crippen LogP contribution in [-0.2, 0) is 0 Å². The molecule has 0 aliphatic carbocycles. The SMILES string of the molecule is CC(C)(C)S/N=C/c1cccc2ccsc12. The van der Waals surface area contributed by atoms with Gasteiger partial charge in [0.15, 0.2) is 0 Å². The lowest BCUT2D eigenvalue weighted by molar-refractivity contribution is 0.804. The van der Waals surface area contributed by atoms with Gasteiger partial charge in [-0.1, -0.05) is 18.2 Å². The zero-order valence-electron chi connectivity index (χ0n) is 9.73. The predicted molar refractivity (Wildman–Crippen MR) is 76.8 cm³/mol. The summed E-state index contributed by atoms with van der Waals surface area (Å²) in [7, 11) is 0. The first-order valence-electron chi connectivity index (χ1n) is 5.24. The Morgan fingerprint density at radius 3 is 2.81 bits per heavy atom. The zero-order chi connectivity index (χ0) is 11.6. The monoisotopic (exact) mass is 249 g/mol. The van der Waals surface area contributed by atoms with Crippen LogP contribution in [0.25, 0.3) is 10.1 Å². The number of thiophene rings is 1. The normalized spacial score (nSPS) is 12.7. The van der Waals surface area contributed by atoms with Crippen LogP contribution in [-0.4, -0.2) is 11.0 Å². The van der Waals surface area contributed by atoms with E-state index in [9.17, 15) is 0 Å². The second-order valence-corrected chi connectivity index (χ2v) is 7.16. The van der Waals surface area contributed by atoms with Crippen LogP contribution in [0.15, 0.2) is 34.0 Å². The molecule has 2 rings (SSSR count). The second-order valence-electron chi connectivity index (χ2n) is 4.62. The van der Waals surface area contributed by atoms with Gasteiger partial charge < -0.3 is 0 Å². The summed E-state index contributed by atoms with van der Waals surface area (Å²) in [5, 5.41) is 3.42. The first-order chi connectivity index (χ1) is 7.56. The van der Waals surface area contributed by atoms with Crippen molar-refractivity contribution in [1.29, 1.82) is 0 Å². The molecule has 0 aliphatic rings. The van der Waals surface area contributed by atoms with Crippen LogP contribution in [0.2, 0.25) is 0 Å². The van der Waals surface area contributed by atoms with Crippen LogP contribution < -0.4 is 0 Å². The van der Waals surface area contributed by atoms with Crippen LogP contribution in [0.5, 0.6) is 0 Å². The lowest BCUT2D eigenvalue weighted by atomic mass is 10.2. The molecule has 0 atom stereocenters. The third kappa shape index (κ3) is 2.86. The van der Waals surface area contributed by atoms with Gasteiger partial charge in [-0.15, -0.1) is 11.3 Å². The maximum atomic E-state index is 4.44. The molecular formula is C13H15NS2. The van der Waals surface area contributed by atoms with Crippen molar-refractivity contribution < 1.29 is 0 Å². The summed E-state index contributed by atoms with van der Waals surface area (Å²) in [4.78, 5) is 0. The van der Waals surface area contributed by atoms with Crippen molar-refractivity contribution in [3.05, 3.63) is 35.2 Å². The molecule has 16 heavy (non-hydrogen) atoms. The Hall–Kier alpha value is -0.800. The molecule has 0 N–H and O–H groups in total. The summed E-state index contributed by atoms with van der Waals surface area (Å²) in [6, 6.07) is 8.48. The minimum atomic E-state index is 0.180. The fourth-order valence-corrected chi connectivity index (χ4v) is 2.72. The van der Waals surface area contributed by atoms with Gasteiger partial charge in [-0.3, -0.25) is 0 Å². The summed E-state index contributed by atoms with van der Waals surface area (Å²) < 4.78 is 5.94. The van der Waals surface area contributed by atoms with E-state index in [1.54, 1.807) is 23.3 Å². The van der Waals surface area contributed by atoms with Gasteiger partial charge in [0, 0.05) is 21.2 Å². The maximum Gasteiger partial charge on any atom is 0.0438 e. The molecule has 1 heterocycles. The zero-order valence-corrected chi connectivity index (χ0v) is 11.4. The topological polar surface area (TPSA) is 12.4 Å². The maximum absolute atomic E-state index is 4.44. The van der Waals surface area contributed by atoms with Crippen LogP contribution in [0, 0.1) is 0 Å². The van der Waals surface area contributed by atoms with E-state index in [-0.39, 0.29) is 4.75 Å². The molecule has 1 nitrogen and oxygen atoms in total. The fourth-order valence-electron chi connectivity index (χ4n) is 1.36. The van der Waals surface area contributed by atoms with Crippen molar-refractivity contribution in [2.24, 2.45) is 4.40 Å². The third-order valence-corrected chi connectivity index (χ3v) is 3.77. The van der Waals surface area contributed by atoms with E-state index in [4.69, 9.17) is 0 Å². The van der Waals surface area contributed by atoms with Crippen molar-refractivity contribution in [1.82, 2.24) is 0 Å². The number of hydrogen-bond donors (Lipinski definition) is 0. The molecule has 0 aliphatic heterocycles. The van der Waals surface area contributed by atoms with Crippen molar-refractivity contribution in [2.75, 3.05) is 0 Å². The average Bonchev–Trinajstić information content (AvgIpc) is 2.64. The molecule has 1 aromatic carbocycles. The number of hydrogen-bond acceptors (Lipinski definition) is 3. The van der Waals surface area contributed by atoms with E-state index in [0.29, 0.717) is 0 Å². The first-order valence-corrected chi connectivity index (χ1v) is 6.89. The van der Waals surface area contributed by atoms with E-state index in [2.05, 4.69) is 54.8 Å².